The second-order valence-corrected chi connectivity index (χ2v) is 7.86. The summed E-state index contributed by atoms with van der Waals surface area (Å²) in [6.45, 7) is 0. The van der Waals surface area contributed by atoms with Crippen molar-refractivity contribution in [2.75, 3.05) is 12.0 Å². The Labute approximate surface area is 191 Å². The highest BCUT2D eigenvalue weighted by atomic mass is 32.1. The number of halogens is 1. The van der Waals surface area contributed by atoms with E-state index >= 15 is 0 Å². The molecule has 0 radical (unpaired) electrons. The third-order valence-corrected chi connectivity index (χ3v) is 5.95. The van der Waals surface area contributed by atoms with Crippen LogP contribution < -0.4 is 15.0 Å². The van der Waals surface area contributed by atoms with Gasteiger partial charge in [0.1, 0.15) is 17.6 Å². The molecule has 0 saturated carbocycles. The molecular formula is C25H21FN4OS. The van der Waals surface area contributed by atoms with Gasteiger partial charge in [0, 0.05) is 29.5 Å². The normalized spacial score (nSPS) is 17.9. The quantitative estimate of drug-likeness (QED) is 0.429. The summed E-state index contributed by atoms with van der Waals surface area (Å²) in [5.41, 5.74) is 3.72. The molecule has 1 N–H and O–H groups in total. The number of aromatic nitrogens is 2. The summed E-state index contributed by atoms with van der Waals surface area (Å²) in [4.78, 5) is 6.70. The van der Waals surface area contributed by atoms with Gasteiger partial charge in [-0.1, -0.05) is 6.07 Å². The standard InChI is InChI=1S/C25H21FN4OS/c1-31-20-13-11-19(12-14-20)30-24(23(28-25(30)32)21-5-2-3-15-27-21)22-6-4-16-29(22)18-9-7-17(26)8-10-18/h2-16,23-24H,1H3,(H,28,32)/t23-,24+/m1/s1. The maximum absolute atomic E-state index is 13.5. The summed E-state index contributed by atoms with van der Waals surface area (Å²) in [5, 5.41) is 4.08. The fourth-order valence-electron chi connectivity index (χ4n) is 4.15. The summed E-state index contributed by atoms with van der Waals surface area (Å²) in [6.07, 6.45) is 3.76. The van der Waals surface area contributed by atoms with Crippen molar-refractivity contribution in [3.05, 3.63) is 108 Å². The predicted molar refractivity (Wildman–Crippen MR) is 127 cm³/mol. The molecule has 7 heteroatoms. The number of nitrogens with one attached hydrogen (secondary N) is 1. The number of pyridine rings is 1. The van der Waals surface area contributed by atoms with E-state index in [9.17, 15) is 4.39 Å². The highest BCUT2D eigenvalue weighted by molar-refractivity contribution is 7.80. The molecule has 0 amide bonds. The number of methoxy groups -OCH3 is 1. The highest BCUT2D eigenvalue weighted by Crippen LogP contribution is 2.42. The third kappa shape index (κ3) is 3.61. The van der Waals surface area contributed by atoms with Crippen LogP contribution in [0.2, 0.25) is 0 Å². The maximum atomic E-state index is 13.5. The molecule has 1 aliphatic rings. The molecule has 5 nitrogen and oxygen atoms in total. The molecule has 32 heavy (non-hydrogen) atoms. The van der Waals surface area contributed by atoms with E-state index in [2.05, 4.69) is 25.8 Å². The lowest BCUT2D eigenvalue weighted by Crippen LogP contribution is -2.30. The predicted octanol–water partition coefficient (Wildman–Crippen LogP) is 5.20. The van der Waals surface area contributed by atoms with Crippen molar-refractivity contribution >= 4 is 23.0 Å². The van der Waals surface area contributed by atoms with Crippen LogP contribution >= 0.6 is 12.2 Å². The van der Waals surface area contributed by atoms with E-state index < -0.39 is 0 Å². The first kappa shape index (κ1) is 20.2. The second kappa shape index (κ2) is 8.43. The van der Waals surface area contributed by atoms with Crippen LogP contribution in [0.1, 0.15) is 23.5 Å². The zero-order valence-electron chi connectivity index (χ0n) is 17.4. The van der Waals surface area contributed by atoms with Crippen LogP contribution in [0.5, 0.6) is 5.75 Å². The molecule has 1 saturated heterocycles. The number of anilines is 1. The monoisotopic (exact) mass is 444 g/mol. The molecule has 1 aliphatic heterocycles. The van der Waals surface area contributed by atoms with Gasteiger partial charge in [0.25, 0.3) is 0 Å². The molecule has 0 aliphatic carbocycles. The van der Waals surface area contributed by atoms with Crippen LogP contribution in [-0.2, 0) is 0 Å². The van der Waals surface area contributed by atoms with E-state index in [1.165, 1.54) is 12.1 Å². The number of thiocarbonyl (C=S) groups is 1. The summed E-state index contributed by atoms with van der Waals surface area (Å²) in [7, 11) is 1.65. The minimum absolute atomic E-state index is 0.167. The summed E-state index contributed by atoms with van der Waals surface area (Å²) in [6, 6.07) is 23.9. The van der Waals surface area contributed by atoms with Crippen molar-refractivity contribution in [2.24, 2.45) is 0 Å². The van der Waals surface area contributed by atoms with Gasteiger partial charge < -0.3 is 19.5 Å². The van der Waals surface area contributed by atoms with Gasteiger partial charge >= 0.3 is 0 Å². The lowest BCUT2D eigenvalue weighted by atomic mass is 10.0. The number of ether oxygens (including phenoxy) is 1. The Balaban J connectivity index is 1.64. The van der Waals surface area contributed by atoms with Crippen molar-refractivity contribution in [1.82, 2.24) is 14.9 Å². The van der Waals surface area contributed by atoms with Crippen LogP contribution in [-0.4, -0.2) is 21.8 Å². The Morgan fingerprint density at radius 1 is 0.938 bits per heavy atom. The van der Waals surface area contributed by atoms with E-state index in [1.54, 1.807) is 25.4 Å². The molecule has 3 heterocycles. The SMILES string of the molecule is COc1ccc(N2C(=S)N[C@H](c3ccccn3)[C@@H]2c2cccn2-c2ccc(F)cc2)cc1. The van der Waals surface area contributed by atoms with Gasteiger partial charge in [0.05, 0.1) is 18.8 Å². The van der Waals surface area contributed by atoms with Gasteiger partial charge in [0.15, 0.2) is 5.11 Å². The topological polar surface area (TPSA) is 42.3 Å². The van der Waals surface area contributed by atoms with E-state index in [0.29, 0.717) is 5.11 Å². The van der Waals surface area contributed by atoms with Crippen LogP contribution in [0.15, 0.2) is 91.3 Å². The smallest absolute Gasteiger partial charge is 0.174 e. The molecule has 160 valence electrons. The molecule has 4 aromatic rings. The molecule has 0 spiro atoms. The van der Waals surface area contributed by atoms with Crippen molar-refractivity contribution in [3.63, 3.8) is 0 Å². The summed E-state index contributed by atoms with van der Waals surface area (Å²) in [5.74, 6) is 0.511. The molecule has 5 rings (SSSR count). The third-order valence-electron chi connectivity index (χ3n) is 5.64. The molecular weight excluding hydrogens is 423 g/mol. The largest absolute Gasteiger partial charge is 0.497 e. The Morgan fingerprint density at radius 3 is 2.38 bits per heavy atom. The lowest BCUT2D eigenvalue weighted by molar-refractivity contribution is 0.415. The Bertz CT molecular complexity index is 1230. The Morgan fingerprint density at radius 2 is 1.69 bits per heavy atom. The maximum Gasteiger partial charge on any atom is 0.174 e. The van der Waals surface area contributed by atoms with Gasteiger partial charge in [-0.25, -0.2) is 4.39 Å². The average Bonchev–Trinajstić information content (AvgIpc) is 3.44. The van der Waals surface area contributed by atoms with Gasteiger partial charge in [-0.15, -0.1) is 0 Å². The van der Waals surface area contributed by atoms with Crippen molar-refractivity contribution in [1.29, 1.82) is 0 Å². The number of nitrogens with zero attached hydrogens (tertiary/aromatic N) is 3. The van der Waals surface area contributed by atoms with E-state index in [-0.39, 0.29) is 17.9 Å². The minimum atomic E-state index is -0.266. The van der Waals surface area contributed by atoms with Crippen molar-refractivity contribution < 1.29 is 9.13 Å². The first-order valence-corrected chi connectivity index (χ1v) is 10.6. The van der Waals surface area contributed by atoms with Gasteiger partial charge in [0.2, 0.25) is 0 Å². The zero-order valence-corrected chi connectivity index (χ0v) is 18.2. The molecule has 1 fully saturated rings. The average molecular weight is 445 g/mol. The van der Waals surface area contributed by atoms with E-state index in [4.69, 9.17) is 17.0 Å². The summed E-state index contributed by atoms with van der Waals surface area (Å²) >= 11 is 5.79. The van der Waals surface area contributed by atoms with Crippen LogP contribution in [0, 0.1) is 5.82 Å². The number of hydrogen-bond acceptors (Lipinski definition) is 3. The Hall–Kier alpha value is -3.71. The number of benzene rings is 2. The Kier molecular flexibility index (Phi) is 5.33. The van der Waals surface area contributed by atoms with E-state index in [1.807, 2.05) is 54.7 Å². The highest BCUT2D eigenvalue weighted by Gasteiger charge is 2.42. The summed E-state index contributed by atoms with van der Waals surface area (Å²) < 4.78 is 20.9. The van der Waals surface area contributed by atoms with Crippen LogP contribution in [0.25, 0.3) is 5.69 Å². The van der Waals surface area contributed by atoms with Gasteiger partial charge in [-0.2, -0.15) is 0 Å². The van der Waals surface area contributed by atoms with E-state index in [0.717, 1.165) is 28.5 Å². The van der Waals surface area contributed by atoms with Crippen LogP contribution in [0.3, 0.4) is 0 Å². The molecule has 2 aromatic heterocycles. The lowest BCUT2D eigenvalue weighted by Gasteiger charge is -2.29. The van der Waals surface area contributed by atoms with Crippen molar-refractivity contribution in [2.45, 2.75) is 12.1 Å². The minimum Gasteiger partial charge on any atom is -0.497 e. The molecule has 0 unspecified atom stereocenters. The van der Waals surface area contributed by atoms with Crippen LogP contribution in [0.4, 0.5) is 10.1 Å². The fraction of sp³-hybridized carbons (Fsp3) is 0.120. The number of rotatable bonds is 5. The first-order chi connectivity index (χ1) is 15.7. The van der Waals surface area contributed by atoms with Gasteiger partial charge in [-0.05, 0) is 85.0 Å². The molecule has 2 atom stereocenters. The molecule has 2 aromatic carbocycles. The van der Waals surface area contributed by atoms with Gasteiger partial charge in [-0.3, -0.25) is 4.98 Å². The fourth-order valence-corrected chi connectivity index (χ4v) is 4.49. The second-order valence-electron chi connectivity index (χ2n) is 7.47. The first-order valence-electron chi connectivity index (χ1n) is 10.2. The van der Waals surface area contributed by atoms with Crippen molar-refractivity contribution in [3.8, 4) is 11.4 Å². The molecule has 0 bridgehead atoms. The zero-order chi connectivity index (χ0) is 22.1. The number of hydrogen-bond donors (Lipinski definition) is 1.